The number of halogens is 3. The Morgan fingerprint density at radius 1 is 0.892 bits per heavy atom. The van der Waals surface area contributed by atoms with Gasteiger partial charge in [0.15, 0.2) is 0 Å². The van der Waals surface area contributed by atoms with E-state index in [4.69, 9.17) is 9.47 Å². The number of fused-ring (bicyclic) bond motifs is 3. The molecule has 3 aromatic rings. The Hall–Kier alpha value is -2.11. The van der Waals surface area contributed by atoms with Crippen molar-refractivity contribution in [3.63, 3.8) is 0 Å². The summed E-state index contributed by atoms with van der Waals surface area (Å²) < 4.78 is 52.5. The fraction of sp³-hybridized carbons (Fsp3) is 0.259. The van der Waals surface area contributed by atoms with Crippen molar-refractivity contribution in [1.82, 2.24) is 0 Å². The Kier molecular flexibility index (Phi) is 9.02. The second-order valence-electron chi connectivity index (χ2n) is 8.94. The van der Waals surface area contributed by atoms with Crippen molar-refractivity contribution in [2.45, 2.75) is 26.7 Å². The molecule has 5 nitrogen and oxygen atoms in total. The first kappa shape index (κ1) is 29.4. The van der Waals surface area contributed by atoms with Crippen molar-refractivity contribution >= 4 is 30.2 Å². The van der Waals surface area contributed by atoms with Gasteiger partial charge in [-0.15, -0.1) is 0 Å². The van der Waals surface area contributed by atoms with Gasteiger partial charge < -0.3 is 22.4 Å². The molecule has 1 amide bonds. The third-order valence-corrected chi connectivity index (χ3v) is 6.93. The predicted molar refractivity (Wildman–Crippen MR) is 134 cm³/mol. The molecule has 188 valence electrons. The molecule has 0 spiro atoms. The normalized spacial score (nSPS) is 12.3. The molecule has 0 bridgehead atoms. The van der Waals surface area contributed by atoms with Gasteiger partial charge in [0.05, 0.1) is 18.4 Å². The minimum atomic E-state index is -5.46. The van der Waals surface area contributed by atoms with Crippen LogP contribution in [0.15, 0.2) is 48.5 Å². The van der Waals surface area contributed by atoms with Gasteiger partial charge in [0.2, 0.25) is 0 Å². The third kappa shape index (κ3) is 5.27. The van der Waals surface area contributed by atoms with Crippen LogP contribution in [0, 0.1) is 20.8 Å². The van der Waals surface area contributed by atoms with E-state index in [9.17, 15) is 22.5 Å². The molecule has 0 unspecified atom stereocenters. The second-order valence-corrected chi connectivity index (χ2v) is 8.94. The minimum Gasteiger partial charge on any atom is -0.465 e. The Bertz CT molecular complexity index is 1330. The van der Waals surface area contributed by atoms with Gasteiger partial charge in [-0.1, -0.05) is 65.1 Å². The quantitative estimate of drug-likeness (QED) is 0.373. The van der Waals surface area contributed by atoms with Crippen LogP contribution in [-0.4, -0.2) is 39.8 Å². The largest absolute Gasteiger partial charge is 1.00 e. The number of carbonyl (C=O) groups excluding carboxylic acids is 2. The van der Waals surface area contributed by atoms with Gasteiger partial charge in [0.1, 0.15) is 6.61 Å². The first-order valence-electron chi connectivity index (χ1n) is 11.5. The number of hydrogen-bond acceptors (Lipinski definition) is 4. The Morgan fingerprint density at radius 2 is 1.41 bits per heavy atom. The summed E-state index contributed by atoms with van der Waals surface area (Å²) in [6.07, 6.45) is -0.816. The Balaban J connectivity index is 0.00000380. The standard InChI is InChI=1S/C27H26BF3NO4.K/c1-15-23(26(33)35-5)16(2)25(17(3)24(15)28(29,30)31)32(4)27(34)36-14-22-20-12-8-6-10-18(20)19-11-7-9-13-21(19)22;/h6-13,22H,14H2,1-5H3;/q-1;+1. The molecule has 0 saturated heterocycles. The Labute approximate surface area is 256 Å². The summed E-state index contributed by atoms with van der Waals surface area (Å²) in [5.41, 5.74) is 2.90. The first-order valence-corrected chi connectivity index (χ1v) is 11.5. The summed E-state index contributed by atoms with van der Waals surface area (Å²) in [4.78, 5) is 26.6. The van der Waals surface area contributed by atoms with E-state index < -0.39 is 24.5 Å². The molecule has 0 heterocycles. The number of anilines is 1. The molecule has 0 aromatic heterocycles. The van der Waals surface area contributed by atoms with E-state index in [2.05, 4.69) is 0 Å². The average Bonchev–Trinajstić information content (AvgIpc) is 3.15. The van der Waals surface area contributed by atoms with E-state index in [-0.39, 0.29) is 91.9 Å². The van der Waals surface area contributed by atoms with Crippen molar-refractivity contribution in [2.24, 2.45) is 0 Å². The number of ether oxygens (including phenoxy) is 2. The summed E-state index contributed by atoms with van der Waals surface area (Å²) in [7, 11) is 2.45. The van der Waals surface area contributed by atoms with Gasteiger partial charge in [-0.3, -0.25) is 4.90 Å². The minimum absolute atomic E-state index is 0. The molecule has 0 saturated carbocycles. The van der Waals surface area contributed by atoms with E-state index in [1.165, 1.54) is 27.8 Å². The molecular formula is C27H26BF3KNO4. The molecule has 0 aliphatic heterocycles. The van der Waals surface area contributed by atoms with Crippen LogP contribution < -0.4 is 61.7 Å². The van der Waals surface area contributed by atoms with Crippen LogP contribution in [0.4, 0.5) is 23.4 Å². The van der Waals surface area contributed by atoms with Gasteiger partial charge in [-0.25, -0.2) is 9.59 Å². The molecule has 0 fully saturated rings. The van der Waals surface area contributed by atoms with Gasteiger partial charge in [0, 0.05) is 13.0 Å². The van der Waals surface area contributed by atoms with Gasteiger partial charge in [-0.2, -0.15) is 0 Å². The fourth-order valence-electron chi connectivity index (χ4n) is 5.41. The molecule has 0 atom stereocenters. The molecule has 37 heavy (non-hydrogen) atoms. The summed E-state index contributed by atoms with van der Waals surface area (Å²) in [6.45, 7) is -1.40. The number of amides is 1. The van der Waals surface area contributed by atoms with Crippen molar-refractivity contribution in [1.29, 1.82) is 0 Å². The van der Waals surface area contributed by atoms with Crippen molar-refractivity contribution in [2.75, 3.05) is 25.7 Å². The molecule has 10 heteroatoms. The molecule has 4 rings (SSSR count). The molecule has 0 N–H and O–H groups in total. The summed E-state index contributed by atoms with van der Waals surface area (Å²) in [5.74, 6) is -1.09. The zero-order valence-electron chi connectivity index (χ0n) is 21.7. The maximum absolute atomic E-state index is 14.0. The van der Waals surface area contributed by atoms with Crippen molar-refractivity contribution in [3.8, 4) is 11.1 Å². The summed E-state index contributed by atoms with van der Waals surface area (Å²) in [5, 5.41) is 0. The number of methoxy groups -OCH3 is 1. The van der Waals surface area contributed by atoms with Gasteiger partial charge >= 0.3 is 70.4 Å². The zero-order chi connectivity index (χ0) is 26.4. The van der Waals surface area contributed by atoms with Crippen LogP contribution in [0.3, 0.4) is 0 Å². The van der Waals surface area contributed by atoms with Crippen LogP contribution >= 0.6 is 0 Å². The number of carbonyl (C=O) groups is 2. The smallest absolute Gasteiger partial charge is 0.465 e. The van der Waals surface area contributed by atoms with E-state index >= 15 is 0 Å². The monoisotopic (exact) mass is 535 g/mol. The van der Waals surface area contributed by atoms with Crippen molar-refractivity contribution in [3.05, 3.63) is 81.9 Å². The zero-order valence-corrected chi connectivity index (χ0v) is 24.8. The number of nitrogens with zero attached hydrogens (tertiary/aromatic N) is 1. The van der Waals surface area contributed by atoms with E-state index in [0.29, 0.717) is 0 Å². The summed E-state index contributed by atoms with van der Waals surface area (Å²) in [6, 6.07) is 15.7. The van der Waals surface area contributed by atoms with Crippen molar-refractivity contribution < 1.29 is 83.4 Å². The van der Waals surface area contributed by atoms with Crippen LogP contribution in [0.2, 0.25) is 0 Å². The molecule has 0 radical (unpaired) electrons. The fourth-order valence-corrected chi connectivity index (χ4v) is 5.41. The van der Waals surface area contributed by atoms with Gasteiger partial charge in [-0.05, 0) is 48.6 Å². The number of benzene rings is 3. The number of esters is 1. The maximum atomic E-state index is 14.0. The molecular weight excluding hydrogens is 509 g/mol. The molecule has 3 aromatic carbocycles. The van der Waals surface area contributed by atoms with Crippen LogP contribution in [-0.2, 0) is 9.47 Å². The van der Waals surface area contributed by atoms with E-state index in [1.807, 2.05) is 48.5 Å². The number of rotatable bonds is 5. The molecule has 1 aliphatic rings. The first-order chi connectivity index (χ1) is 17.0. The molecule has 1 aliphatic carbocycles. The second kappa shape index (κ2) is 11.3. The Morgan fingerprint density at radius 3 is 1.89 bits per heavy atom. The van der Waals surface area contributed by atoms with Gasteiger partial charge in [0.25, 0.3) is 0 Å². The summed E-state index contributed by atoms with van der Waals surface area (Å²) >= 11 is 0. The maximum Gasteiger partial charge on any atom is 1.00 e. The van der Waals surface area contributed by atoms with Crippen LogP contribution in [0.5, 0.6) is 0 Å². The van der Waals surface area contributed by atoms with Crippen LogP contribution in [0.25, 0.3) is 11.1 Å². The topological polar surface area (TPSA) is 55.8 Å². The number of hydrogen-bond donors (Lipinski definition) is 0. The van der Waals surface area contributed by atoms with Crippen LogP contribution in [0.1, 0.15) is 44.1 Å². The van der Waals surface area contributed by atoms with E-state index in [1.54, 1.807) is 0 Å². The predicted octanol–water partition coefficient (Wildman–Crippen LogP) is 2.84. The van der Waals surface area contributed by atoms with E-state index in [0.717, 1.165) is 34.3 Å². The average molecular weight is 535 g/mol. The SMILES string of the molecule is COC(=O)c1c(C)c(N(C)C(=O)OCC2c3ccccc3-c3ccccc32)c(C)c([B-](F)(F)F)c1C.[K+]. The third-order valence-electron chi connectivity index (χ3n) is 6.93.